The van der Waals surface area contributed by atoms with Crippen molar-refractivity contribution in [2.24, 2.45) is 0 Å². The maximum atomic E-state index is 11.9. The Morgan fingerprint density at radius 1 is 1.40 bits per heavy atom. The van der Waals surface area contributed by atoms with Gasteiger partial charge in [0, 0.05) is 17.0 Å². The van der Waals surface area contributed by atoms with Gasteiger partial charge < -0.3 is 10.1 Å². The standard InChI is InChI=1S/C15H22ClNO2S/c1-11(19-13-8-6-5-7-12(13)16)14(18)17-9-10-20-15(2,3)4/h5-8,11H,9-10H2,1-4H3,(H,17,18)/t11-/m0/s1. The van der Waals surface area contributed by atoms with Crippen LogP contribution in [0.4, 0.5) is 0 Å². The number of benzene rings is 1. The number of thioether (sulfide) groups is 1. The number of hydrogen-bond acceptors (Lipinski definition) is 3. The molecule has 1 atom stereocenters. The fourth-order valence-electron chi connectivity index (χ4n) is 1.46. The van der Waals surface area contributed by atoms with Crippen LogP contribution in [0.2, 0.25) is 5.02 Å². The van der Waals surface area contributed by atoms with Gasteiger partial charge in [-0.05, 0) is 19.1 Å². The largest absolute Gasteiger partial charge is 0.479 e. The van der Waals surface area contributed by atoms with Crippen LogP contribution in [0, 0.1) is 0 Å². The fraction of sp³-hybridized carbons (Fsp3) is 0.533. The molecule has 0 fully saturated rings. The minimum absolute atomic E-state index is 0.126. The molecule has 0 spiro atoms. The van der Waals surface area contributed by atoms with E-state index in [2.05, 4.69) is 26.1 Å². The lowest BCUT2D eigenvalue weighted by molar-refractivity contribution is -0.127. The number of hydrogen-bond donors (Lipinski definition) is 1. The van der Waals surface area contributed by atoms with Crippen LogP contribution in [0.15, 0.2) is 24.3 Å². The number of nitrogens with one attached hydrogen (secondary N) is 1. The highest BCUT2D eigenvalue weighted by Crippen LogP contribution is 2.24. The van der Waals surface area contributed by atoms with Crippen LogP contribution in [0.25, 0.3) is 0 Å². The van der Waals surface area contributed by atoms with Crippen molar-refractivity contribution in [3.8, 4) is 5.75 Å². The van der Waals surface area contributed by atoms with E-state index in [-0.39, 0.29) is 10.7 Å². The van der Waals surface area contributed by atoms with Gasteiger partial charge in [-0.2, -0.15) is 11.8 Å². The third-order valence-corrected chi connectivity index (χ3v) is 4.03. The summed E-state index contributed by atoms with van der Waals surface area (Å²) in [7, 11) is 0. The van der Waals surface area contributed by atoms with Crippen molar-refractivity contribution in [2.45, 2.75) is 38.5 Å². The Morgan fingerprint density at radius 2 is 2.05 bits per heavy atom. The summed E-state index contributed by atoms with van der Waals surface area (Å²) in [5.74, 6) is 1.29. The van der Waals surface area contributed by atoms with Gasteiger partial charge in [-0.1, -0.05) is 44.5 Å². The van der Waals surface area contributed by atoms with Gasteiger partial charge >= 0.3 is 0 Å². The quantitative estimate of drug-likeness (QED) is 0.812. The molecule has 3 nitrogen and oxygen atoms in total. The molecule has 5 heteroatoms. The molecule has 0 aliphatic rings. The van der Waals surface area contributed by atoms with Crippen LogP contribution in [0.5, 0.6) is 5.75 Å². The molecule has 0 unspecified atom stereocenters. The lowest BCUT2D eigenvalue weighted by Gasteiger charge is -2.18. The summed E-state index contributed by atoms with van der Waals surface area (Å²) >= 11 is 7.81. The highest BCUT2D eigenvalue weighted by atomic mass is 35.5. The van der Waals surface area contributed by atoms with Gasteiger partial charge in [0.15, 0.2) is 6.10 Å². The van der Waals surface area contributed by atoms with Crippen LogP contribution >= 0.6 is 23.4 Å². The second kappa shape index (κ2) is 7.79. The molecule has 0 aliphatic heterocycles. The monoisotopic (exact) mass is 315 g/mol. The molecule has 0 saturated carbocycles. The van der Waals surface area contributed by atoms with E-state index in [9.17, 15) is 4.79 Å². The minimum Gasteiger partial charge on any atom is -0.479 e. The van der Waals surface area contributed by atoms with E-state index < -0.39 is 6.10 Å². The zero-order valence-corrected chi connectivity index (χ0v) is 14.0. The average molecular weight is 316 g/mol. The Hall–Kier alpha value is -0.870. The van der Waals surface area contributed by atoms with Crippen molar-refractivity contribution in [1.29, 1.82) is 0 Å². The highest BCUT2D eigenvalue weighted by Gasteiger charge is 2.16. The van der Waals surface area contributed by atoms with E-state index in [0.717, 1.165) is 5.75 Å². The third kappa shape index (κ3) is 6.53. The van der Waals surface area contributed by atoms with Gasteiger partial charge in [0.1, 0.15) is 5.75 Å². The molecule has 1 amide bonds. The van der Waals surface area contributed by atoms with E-state index >= 15 is 0 Å². The summed E-state index contributed by atoms with van der Waals surface area (Å²) in [4.78, 5) is 11.9. The summed E-state index contributed by atoms with van der Waals surface area (Å²) in [6.07, 6.45) is -0.561. The number of amides is 1. The number of carbonyl (C=O) groups excluding carboxylic acids is 1. The van der Waals surface area contributed by atoms with Gasteiger partial charge in [-0.15, -0.1) is 0 Å². The average Bonchev–Trinajstić information content (AvgIpc) is 2.36. The fourth-order valence-corrected chi connectivity index (χ4v) is 2.46. The summed E-state index contributed by atoms with van der Waals surface area (Å²) < 4.78 is 5.77. The second-order valence-electron chi connectivity index (χ2n) is 5.44. The summed E-state index contributed by atoms with van der Waals surface area (Å²) in [5.41, 5.74) is 0. The van der Waals surface area contributed by atoms with Crippen molar-refractivity contribution < 1.29 is 9.53 Å². The predicted molar refractivity (Wildman–Crippen MR) is 86.8 cm³/mol. The summed E-state index contributed by atoms with van der Waals surface area (Å²) in [5, 5.41) is 3.38. The van der Waals surface area contributed by atoms with Crippen LogP contribution < -0.4 is 10.1 Å². The molecular formula is C15H22ClNO2S. The van der Waals surface area contributed by atoms with Crippen LogP contribution in [0.3, 0.4) is 0 Å². The smallest absolute Gasteiger partial charge is 0.260 e. The number of rotatable bonds is 6. The predicted octanol–water partition coefficient (Wildman–Crippen LogP) is 3.76. The van der Waals surface area contributed by atoms with E-state index in [1.54, 1.807) is 19.1 Å². The number of carbonyl (C=O) groups is 1. The Labute approximate surface area is 130 Å². The second-order valence-corrected chi connectivity index (χ2v) is 7.77. The molecular weight excluding hydrogens is 294 g/mol. The van der Waals surface area contributed by atoms with Gasteiger partial charge in [0.25, 0.3) is 5.91 Å². The highest BCUT2D eigenvalue weighted by molar-refractivity contribution is 8.00. The van der Waals surface area contributed by atoms with E-state index in [0.29, 0.717) is 17.3 Å². The molecule has 0 radical (unpaired) electrons. The van der Waals surface area contributed by atoms with Crippen molar-refractivity contribution in [3.63, 3.8) is 0 Å². The molecule has 112 valence electrons. The number of para-hydroxylation sites is 1. The molecule has 1 aromatic rings. The molecule has 0 bridgehead atoms. The van der Waals surface area contributed by atoms with Gasteiger partial charge in [0.05, 0.1) is 5.02 Å². The molecule has 1 N–H and O–H groups in total. The third-order valence-electron chi connectivity index (χ3n) is 2.45. The minimum atomic E-state index is -0.561. The van der Waals surface area contributed by atoms with Gasteiger partial charge in [0.2, 0.25) is 0 Å². The first-order valence-corrected chi connectivity index (χ1v) is 7.99. The van der Waals surface area contributed by atoms with Crippen molar-refractivity contribution >= 4 is 29.3 Å². The summed E-state index contributed by atoms with van der Waals surface area (Å²) in [6, 6.07) is 7.14. The molecule has 20 heavy (non-hydrogen) atoms. The Balaban J connectivity index is 2.35. The lowest BCUT2D eigenvalue weighted by Crippen LogP contribution is -2.37. The van der Waals surface area contributed by atoms with E-state index in [1.807, 2.05) is 23.9 Å². The topological polar surface area (TPSA) is 38.3 Å². The Morgan fingerprint density at radius 3 is 2.65 bits per heavy atom. The number of halogens is 1. The van der Waals surface area contributed by atoms with Crippen molar-refractivity contribution in [1.82, 2.24) is 5.32 Å². The number of ether oxygens (including phenoxy) is 1. The van der Waals surface area contributed by atoms with Gasteiger partial charge in [-0.3, -0.25) is 4.79 Å². The molecule has 0 aromatic heterocycles. The van der Waals surface area contributed by atoms with Gasteiger partial charge in [-0.25, -0.2) is 0 Å². The first-order valence-electron chi connectivity index (χ1n) is 6.62. The van der Waals surface area contributed by atoms with Crippen LogP contribution in [-0.2, 0) is 4.79 Å². The molecule has 0 heterocycles. The maximum Gasteiger partial charge on any atom is 0.260 e. The molecule has 0 saturated heterocycles. The zero-order chi connectivity index (χ0) is 15.2. The maximum absolute atomic E-state index is 11.9. The van der Waals surface area contributed by atoms with E-state index in [1.165, 1.54) is 0 Å². The van der Waals surface area contributed by atoms with Crippen LogP contribution in [0.1, 0.15) is 27.7 Å². The molecule has 1 rings (SSSR count). The Bertz CT molecular complexity index is 446. The first-order chi connectivity index (χ1) is 9.29. The Kier molecular flexibility index (Phi) is 6.69. The molecule has 0 aliphatic carbocycles. The zero-order valence-electron chi connectivity index (χ0n) is 12.4. The van der Waals surface area contributed by atoms with Crippen molar-refractivity contribution in [2.75, 3.05) is 12.3 Å². The van der Waals surface area contributed by atoms with Crippen LogP contribution in [-0.4, -0.2) is 29.1 Å². The lowest BCUT2D eigenvalue weighted by atomic mass is 10.3. The summed E-state index contributed by atoms with van der Waals surface area (Å²) in [6.45, 7) is 8.82. The molecule has 1 aromatic carbocycles. The normalized spacial score (nSPS) is 12.8. The first kappa shape index (κ1) is 17.2. The van der Waals surface area contributed by atoms with E-state index in [4.69, 9.17) is 16.3 Å². The SMILES string of the molecule is C[C@H](Oc1ccccc1Cl)C(=O)NCCSC(C)(C)C. The van der Waals surface area contributed by atoms with Crippen molar-refractivity contribution in [3.05, 3.63) is 29.3 Å².